The fourth-order valence-electron chi connectivity index (χ4n) is 1.82. The van der Waals surface area contributed by atoms with Gasteiger partial charge in [0.05, 0.1) is 21.3 Å². The van der Waals surface area contributed by atoms with Gasteiger partial charge < -0.3 is 10.1 Å². The number of hydrogen-bond donors (Lipinski definition) is 1. The number of nitrogens with one attached hydrogen (secondary N) is 1. The van der Waals surface area contributed by atoms with Crippen LogP contribution in [0.15, 0.2) is 36.4 Å². The molecule has 2 aromatic rings. The first-order chi connectivity index (χ1) is 10.9. The normalized spacial score (nSPS) is 10.3. The Hall–Kier alpha value is -1.75. The number of aryl methyl sites for hydroxylation is 1. The maximum Gasteiger partial charge on any atom is 0.338 e. The van der Waals surface area contributed by atoms with Crippen LogP contribution >= 0.6 is 34.8 Å². The fraction of sp³-hybridized carbons (Fsp3) is 0.125. The van der Waals surface area contributed by atoms with Crippen LogP contribution in [-0.4, -0.2) is 18.5 Å². The summed E-state index contributed by atoms with van der Waals surface area (Å²) in [6, 6.07) is 9.77. The van der Waals surface area contributed by atoms with Crippen LogP contribution in [0.4, 0.5) is 5.69 Å². The van der Waals surface area contributed by atoms with Gasteiger partial charge in [0.1, 0.15) is 0 Å². The van der Waals surface area contributed by atoms with E-state index in [9.17, 15) is 9.59 Å². The molecule has 0 bridgehead atoms. The number of carbonyl (C=O) groups excluding carboxylic acids is 2. The molecule has 7 heteroatoms. The van der Waals surface area contributed by atoms with Crippen molar-refractivity contribution in [3.63, 3.8) is 0 Å². The molecule has 23 heavy (non-hydrogen) atoms. The average molecular weight is 373 g/mol. The molecule has 4 nitrogen and oxygen atoms in total. The number of anilines is 1. The Labute approximate surface area is 148 Å². The van der Waals surface area contributed by atoms with E-state index >= 15 is 0 Å². The van der Waals surface area contributed by atoms with E-state index in [1.54, 1.807) is 18.2 Å². The third-order valence-corrected chi connectivity index (χ3v) is 3.67. The predicted octanol–water partition coefficient (Wildman–Crippen LogP) is 4.75. The molecule has 0 saturated carbocycles. The average Bonchev–Trinajstić information content (AvgIpc) is 2.48. The maximum absolute atomic E-state index is 11.9. The number of carbonyl (C=O) groups is 2. The minimum absolute atomic E-state index is 0.195. The van der Waals surface area contributed by atoms with Gasteiger partial charge in [0.2, 0.25) is 0 Å². The molecule has 2 aromatic carbocycles. The quantitative estimate of drug-likeness (QED) is 0.788. The lowest BCUT2D eigenvalue weighted by atomic mass is 10.1. The summed E-state index contributed by atoms with van der Waals surface area (Å²) in [5, 5.41) is 3.23. The lowest BCUT2D eigenvalue weighted by Crippen LogP contribution is -2.21. The Balaban J connectivity index is 1.97. The van der Waals surface area contributed by atoms with Gasteiger partial charge in [0.25, 0.3) is 5.91 Å². The summed E-state index contributed by atoms with van der Waals surface area (Å²) < 4.78 is 4.96. The highest BCUT2D eigenvalue weighted by Crippen LogP contribution is 2.33. The molecule has 1 N–H and O–H groups in total. The van der Waals surface area contributed by atoms with Gasteiger partial charge in [-0.3, -0.25) is 4.79 Å². The predicted molar refractivity (Wildman–Crippen MR) is 91.6 cm³/mol. The molecule has 0 unspecified atom stereocenters. The molecular weight excluding hydrogens is 361 g/mol. The Kier molecular flexibility index (Phi) is 5.88. The zero-order valence-corrected chi connectivity index (χ0v) is 14.3. The molecular formula is C16H12Cl3NO3. The molecule has 0 saturated heterocycles. The van der Waals surface area contributed by atoms with Gasteiger partial charge in [-0.25, -0.2) is 4.79 Å². The Morgan fingerprint density at radius 1 is 1.09 bits per heavy atom. The van der Waals surface area contributed by atoms with Crippen molar-refractivity contribution < 1.29 is 14.3 Å². The van der Waals surface area contributed by atoms with E-state index in [1.807, 2.05) is 13.0 Å². The lowest BCUT2D eigenvalue weighted by molar-refractivity contribution is -0.119. The number of hydrogen-bond acceptors (Lipinski definition) is 3. The van der Waals surface area contributed by atoms with Crippen molar-refractivity contribution in [3.05, 3.63) is 62.6 Å². The molecule has 2 rings (SSSR count). The highest BCUT2D eigenvalue weighted by atomic mass is 35.5. The van der Waals surface area contributed by atoms with Crippen LogP contribution in [-0.2, 0) is 9.53 Å². The second kappa shape index (κ2) is 7.68. The van der Waals surface area contributed by atoms with Crippen molar-refractivity contribution >= 4 is 52.4 Å². The molecule has 1 amide bonds. The molecule has 0 atom stereocenters. The van der Waals surface area contributed by atoms with Crippen LogP contribution in [0.5, 0.6) is 0 Å². The SMILES string of the molecule is Cc1cccc(C(=O)OCC(=O)Nc2c(Cl)cc(Cl)cc2Cl)c1. The summed E-state index contributed by atoms with van der Waals surface area (Å²) >= 11 is 17.7. The second-order valence-electron chi connectivity index (χ2n) is 4.74. The van der Waals surface area contributed by atoms with Crippen molar-refractivity contribution in [2.45, 2.75) is 6.92 Å². The summed E-state index contributed by atoms with van der Waals surface area (Å²) in [5.41, 5.74) is 1.51. The molecule has 120 valence electrons. The van der Waals surface area contributed by atoms with Gasteiger partial charge in [-0.1, -0.05) is 52.5 Å². The minimum Gasteiger partial charge on any atom is -0.452 e. The topological polar surface area (TPSA) is 55.4 Å². The van der Waals surface area contributed by atoms with E-state index in [-0.39, 0.29) is 15.7 Å². The Morgan fingerprint density at radius 3 is 2.35 bits per heavy atom. The summed E-state index contributed by atoms with van der Waals surface area (Å²) in [6.07, 6.45) is 0. The maximum atomic E-state index is 11.9. The first-order valence-electron chi connectivity index (χ1n) is 6.55. The van der Waals surface area contributed by atoms with Gasteiger partial charge in [0.15, 0.2) is 6.61 Å². The summed E-state index contributed by atoms with van der Waals surface area (Å²) in [7, 11) is 0. The molecule has 0 fully saturated rings. The van der Waals surface area contributed by atoms with Crippen molar-refractivity contribution in [1.29, 1.82) is 0 Å². The molecule has 0 radical (unpaired) electrons. The van der Waals surface area contributed by atoms with Gasteiger partial charge in [-0.05, 0) is 31.2 Å². The Morgan fingerprint density at radius 2 is 1.74 bits per heavy atom. The number of benzene rings is 2. The molecule has 0 heterocycles. The number of halogens is 3. The molecule has 0 aromatic heterocycles. The van der Waals surface area contributed by atoms with E-state index in [0.29, 0.717) is 10.6 Å². The zero-order chi connectivity index (χ0) is 17.0. The van der Waals surface area contributed by atoms with Gasteiger partial charge >= 0.3 is 5.97 Å². The van der Waals surface area contributed by atoms with Gasteiger partial charge in [0, 0.05) is 5.02 Å². The van der Waals surface area contributed by atoms with Crippen LogP contribution in [0.2, 0.25) is 15.1 Å². The first-order valence-corrected chi connectivity index (χ1v) is 7.68. The second-order valence-corrected chi connectivity index (χ2v) is 5.99. The largest absolute Gasteiger partial charge is 0.452 e. The number of ether oxygens (including phenoxy) is 1. The van der Waals surface area contributed by atoms with Crippen LogP contribution in [0.1, 0.15) is 15.9 Å². The van der Waals surface area contributed by atoms with Crippen LogP contribution in [0.25, 0.3) is 0 Å². The fourth-order valence-corrected chi connectivity index (χ4v) is 2.74. The minimum atomic E-state index is -0.586. The van der Waals surface area contributed by atoms with Crippen LogP contribution in [0.3, 0.4) is 0 Å². The molecule has 0 aliphatic carbocycles. The monoisotopic (exact) mass is 371 g/mol. The summed E-state index contributed by atoms with van der Waals surface area (Å²) in [4.78, 5) is 23.7. The molecule has 0 spiro atoms. The van der Waals surface area contributed by atoms with E-state index in [1.165, 1.54) is 12.1 Å². The van der Waals surface area contributed by atoms with E-state index in [2.05, 4.69) is 5.32 Å². The third kappa shape index (κ3) is 4.86. The van der Waals surface area contributed by atoms with Crippen molar-refractivity contribution in [2.75, 3.05) is 11.9 Å². The first kappa shape index (κ1) is 17.6. The van der Waals surface area contributed by atoms with Crippen LogP contribution < -0.4 is 5.32 Å². The highest BCUT2D eigenvalue weighted by molar-refractivity contribution is 6.42. The summed E-state index contributed by atoms with van der Waals surface area (Å²) in [6.45, 7) is 1.40. The van der Waals surface area contributed by atoms with Crippen LogP contribution in [0, 0.1) is 6.92 Å². The van der Waals surface area contributed by atoms with E-state index < -0.39 is 18.5 Å². The summed E-state index contributed by atoms with van der Waals surface area (Å²) in [5.74, 6) is -1.14. The standard InChI is InChI=1S/C16H12Cl3NO3/c1-9-3-2-4-10(5-9)16(22)23-8-14(21)20-15-12(18)6-11(17)7-13(15)19/h2-7H,8H2,1H3,(H,20,21). The van der Waals surface area contributed by atoms with Crippen molar-refractivity contribution in [2.24, 2.45) is 0 Å². The molecule has 0 aliphatic heterocycles. The van der Waals surface area contributed by atoms with Crippen molar-refractivity contribution in [3.8, 4) is 0 Å². The van der Waals surface area contributed by atoms with E-state index in [4.69, 9.17) is 39.5 Å². The zero-order valence-electron chi connectivity index (χ0n) is 12.0. The van der Waals surface area contributed by atoms with Crippen molar-refractivity contribution in [1.82, 2.24) is 0 Å². The number of esters is 1. The van der Waals surface area contributed by atoms with Gasteiger partial charge in [-0.2, -0.15) is 0 Å². The highest BCUT2D eigenvalue weighted by Gasteiger charge is 2.14. The molecule has 0 aliphatic rings. The number of amides is 1. The lowest BCUT2D eigenvalue weighted by Gasteiger charge is -2.10. The van der Waals surface area contributed by atoms with Gasteiger partial charge in [-0.15, -0.1) is 0 Å². The third-order valence-electron chi connectivity index (χ3n) is 2.86. The smallest absolute Gasteiger partial charge is 0.338 e. The number of rotatable bonds is 4. The van der Waals surface area contributed by atoms with E-state index in [0.717, 1.165) is 5.56 Å². The Bertz CT molecular complexity index is 739.